The van der Waals surface area contributed by atoms with Gasteiger partial charge in [0.1, 0.15) is 5.82 Å². The van der Waals surface area contributed by atoms with Gasteiger partial charge in [0.25, 0.3) is 0 Å². The van der Waals surface area contributed by atoms with Crippen LogP contribution in [0.3, 0.4) is 0 Å². The summed E-state index contributed by atoms with van der Waals surface area (Å²) in [6.45, 7) is 1.70. The van der Waals surface area contributed by atoms with Crippen molar-refractivity contribution in [1.82, 2.24) is 0 Å². The molecule has 0 amide bonds. The molecule has 0 aliphatic heterocycles. The zero-order valence-corrected chi connectivity index (χ0v) is 10.4. The van der Waals surface area contributed by atoms with Crippen LogP contribution in [0.4, 0.5) is 4.39 Å². The predicted molar refractivity (Wildman–Crippen MR) is 62.2 cm³/mol. The summed E-state index contributed by atoms with van der Waals surface area (Å²) in [6.07, 6.45) is -0.854. The maximum atomic E-state index is 12.8. The lowest BCUT2D eigenvalue weighted by atomic mass is 9.94. The van der Waals surface area contributed by atoms with Crippen molar-refractivity contribution in [2.75, 3.05) is 7.11 Å². The molecule has 5 heteroatoms. The Labute approximate surface area is 104 Å². The number of rotatable bonds is 4. The minimum atomic E-state index is -0.929. The van der Waals surface area contributed by atoms with Gasteiger partial charge >= 0.3 is 5.97 Å². The smallest absolute Gasteiger partial charge is 0.305 e. The van der Waals surface area contributed by atoms with Gasteiger partial charge in [0.15, 0.2) is 0 Å². The quantitative estimate of drug-likeness (QED) is 0.847. The molecule has 0 aliphatic rings. The third-order valence-electron chi connectivity index (χ3n) is 2.54. The summed E-state index contributed by atoms with van der Waals surface area (Å²) < 4.78 is 17.3. The van der Waals surface area contributed by atoms with Gasteiger partial charge in [-0.15, -0.1) is 0 Å². The summed E-state index contributed by atoms with van der Waals surface area (Å²) in [7, 11) is 1.28. The van der Waals surface area contributed by atoms with Crippen LogP contribution in [-0.2, 0) is 9.53 Å². The number of carbonyl (C=O) groups is 1. The standard InChI is InChI=1S/C12H14ClFO3/c1-7(5-11(15)17-2)12(16)9-4-3-8(14)6-10(9)13/h3-4,6-7,12,16H,5H2,1-2H3. The number of ether oxygens (including phenoxy) is 1. The Bertz CT molecular complexity index is 409. The molecule has 2 unspecified atom stereocenters. The molecule has 0 aliphatic carbocycles. The summed E-state index contributed by atoms with van der Waals surface area (Å²) in [5.41, 5.74) is 0.407. The Morgan fingerprint density at radius 2 is 2.24 bits per heavy atom. The molecular formula is C12H14ClFO3. The van der Waals surface area contributed by atoms with Crippen molar-refractivity contribution < 1.29 is 19.0 Å². The molecule has 1 aromatic rings. The highest BCUT2D eigenvalue weighted by molar-refractivity contribution is 6.31. The fourth-order valence-electron chi connectivity index (χ4n) is 1.51. The first-order chi connectivity index (χ1) is 7.95. The Morgan fingerprint density at radius 1 is 1.59 bits per heavy atom. The van der Waals surface area contributed by atoms with E-state index in [0.29, 0.717) is 5.56 Å². The molecule has 1 N–H and O–H groups in total. The number of benzene rings is 1. The number of hydrogen-bond donors (Lipinski definition) is 1. The Kier molecular flexibility index (Phi) is 4.90. The molecule has 1 aromatic carbocycles. The summed E-state index contributed by atoms with van der Waals surface area (Å²) in [5, 5.41) is 10.1. The third kappa shape index (κ3) is 3.68. The molecule has 0 heterocycles. The molecule has 0 radical (unpaired) electrons. The summed E-state index contributed by atoms with van der Waals surface area (Å²) in [5.74, 6) is -1.23. The van der Waals surface area contributed by atoms with E-state index in [0.717, 1.165) is 6.07 Å². The van der Waals surface area contributed by atoms with Crippen molar-refractivity contribution in [3.05, 3.63) is 34.6 Å². The maximum Gasteiger partial charge on any atom is 0.305 e. The first-order valence-electron chi connectivity index (χ1n) is 5.15. The van der Waals surface area contributed by atoms with Gasteiger partial charge < -0.3 is 9.84 Å². The summed E-state index contributed by atoms with van der Waals surface area (Å²) in [4.78, 5) is 11.1. The largest absolute Gasteiger partial charge is 0.469 e. The van der Waals surface area contributed by atoms with E-state index >= 15 is 0 Å². The number of carbonyl (C=O) groups excluding carboxylic acids is 1. The summed E-state index contributed by atoms with van der Waals surface area (Å²) >= 11 is 5.82. The Hall–Kier alpha value is -1.13. The zero-order valence-electron chi connectivity index (χ0n) is 9.61. The average molecular weight is 261 g/mol. The molecule has 0 bridgehead atoms. The molecule has 0 aromatic heterocycles. The normalized spacial score (nSPS) is 14.2. The fraction of sp³-hybridized carbons (Fsp3) is 0.417. The van der Waals surface area contributed by atoms with Gasteiger partial charge in [0, 0.05) is 5.02 Å². The van der Waals surface area contributed by atoms with Crippen LogP contribution in [0.1, 0.15) is 25.0 Å². The van der Waals surface area contributed by atoms with Crippen molar-refractivity contribution in [3.8, 4) is 0 Å². The minimum Gasteiger partial charge on any atom is -0.469 e. The van der Waals surface area contributed by atoms with Crippen LogP contribution >= 0.6 is 11.6 Å². The number of aliphatic hydroxyl groups is 1. The number of halogens is 2. The monoisotopic (exact) mass is 260 g/mol. The van der Waals surface area contributed by atoms with E-state index < -0.39 is 17.9 Å². The van der Waals surface area contributed by atoms with Crippen LogP contribution in [0.25, 0.3) is 0 Å². The van der Waals surface area contributed by atoms with Crippen LogP contribution in [-0.4, -0.2) is 18.2 Å². The van der Waals surface area contributed by atoms with E-state index in [2.05, 4.69) is 4.74 Å². The minimum absolute atomic E-state index is 0.0748. The number of hydrogen-bond acceptors (Lipinski definition) is 3. The van der Waals surface area contributed by atoms with Crippen LogP contribution in [0, 0.1) is 11.7 Å². The van der Waals surface area contributed by atoms with Crippen molar-refractivity contribution in [2.24, 2.45) is 5.92 Å². The second-order valence-corrected chi connectivity index (χ2v) is 4.28. The zero-order chi connectivity index (χ0) is 13.0. The number of methoxy groups -OCH3 is 1. The van der Waals surface area contributed by atoms with Gasteiger partial charge in [0.05, 0.1) is 19.6 Å². The maximum absolute atomic E-state index is 12.8. The lowest BCUT2D eigenvalue weighted by Crippen LogP contribution is -2.15. The lowest BCUT2D eigenvalue weighted by molar-refractivity contribution is -0.142. The number of aliphatic hydroxyl groups excluding tert-OH is 1. The second-order valence-electron chi connectivity index (χ2n) is 3.87. The van der Waals surface area contributed by atoms with E-state index in [1.807, 2.05) is 0 Å². The van der Waals surface area contributed by atoms with Gasteiger partial charge in [-0.3, -0.25) is 4.79 Å². The van der Waals surface area contributed by atoms with Crippen LogP contribution in [0.2, 0.25) is 5.02 Å². The van der Waals surface area contributed by atoms with Gasteiger partial charge in [-0.1, -0.05) is 24.6 Å². The molecule has 0 spiro atoms. The molecule has 2 atom stereocenters. The topological polar surface area (TPSA) is 46.5 Å². The second kappa shape index (κ2) is 5.98. The predicted octanol–water partition coefficient (Wildman–Crippen LogP) is 2.71. The molecule has 94 valence electrons. The highest BCUT2D eigenvalue weighted by Gasteiger charge is 2.22. The highest BCUT2D eigenvalue weighted by atomic mass is 35.5. The molecule has 3 nitrogen and oxygen atoms in total. The van der Waals surface area contributed by atoms with E-state index in [1.165, 1.54) is 19.2 Å². The SMILES string of the molecule is COC(=O)CC(C)C(O)c1ccc(F)cc1Cl. The van der Waals surface area contributed by atoms with Gasteiger partial charge in [-0.25, -0.2) is 4.39 Å². The molecule has 0 saturated heterocycles. The first kappa shape index (κ1) is 13.9. The third-order valence-corrected chi connectivity index (χ3v) is 2.86. The first-order valence-corrected chi connectivity index (χ1v) is 5.53. The van der Waals surface area contributed by atoms with Crippen molar-refractivity contribution in [3.63, 3.8) is 0 Å². The van der Waals surface area contributed by atoms with Crippen molar-refractivity contribution >= 4 is 17.6 Å². The molecule has 0 saturated carbocycles. The van der Waals surface area contributed by atoms with Crippen molar-refractivity contribution in [2.45, 2.75) is 19.4 Å². The van der Waals surface area contributed by atoms with Crippen molar-refractivity contribution in [1.29, 1.82) is 0 Å². The highest BCUT2D eigenvalue weighted by Crippen LogP contribution is 2.30. The molecule has 1 rings (SSSR count). The van der Waals surface area contributed by atoms with E-state index in [4.69, 9.17) is 11.6 Å². The molecule has 17 heavy (non-hydrogen) atoms. The molecular weight excluding hydrogens is 247 g/mol. The van der Waals surface area contributed by atoms with Crippen LogP contribution in [0.15, 0.2) is 18.2 Å². The average Bonchev–Trinajstić information content (AvgIpc) is 2.28. The Morgan fingerprint density at radius 3 is 2.76 bits per heavy atom. The summed E-state index contributed by atoms with van der Waals surface area (Å²) in [6, 6.07) is 3.76. The van der Waals surface area contributed by atoms with E-state index in [9.17, 15) is 14.3 Å². The lowest BCUT2D eigenvalue weighted by Gasteiger charge is -2.19. The van der Waals surface area contributed by atoms with E-state index in [-0.39, 0.29) is 17.4 Å². The Balaban J connectivity index is 2.81. The number of esters is 1. The van der Waals surface area contributed by atoms with Gasteiger partial charge in [0.2, 0.25) is 0 Å². The van der Waals surface area contributed by atoms with Gasteiger partial charge in [-0.2, -0.15) is 0 Å². The molecule has 0 fully saturated rings. The van der Waals surface area contributed by atoms with E-state index in [1.54, 1.807) is 6.92 Å². The van der Waals surface area contributed by atoms with Crippen LogP contribution < -0.4 is 0 Å². The van der Waals surface area contributed by atoms with Gasteiger partial charge in [-0.05, 0) is 23.6 Å². The van der Waals surface area contributed by atoms with Crippen LogP contribution in [0.5, 0.6) is 0 Å². The fourth-order valence-corrected chi connectivity index (χ4v) is 1.78.